The Labute approximate surface area is 108 Å². The zero-order valence-electron chi connectivity index (χ0n) is 10.9. The Morgan fingerprint density at radius 1 is 1.56 bits per heavy atom. The van der Waals surface area contributed by atoms with E-state index in [1.807, 2.05) is 19.1 Å². The summed E-state index contributed by atoms with van der Waals surface area (Å²) in [5, 5.41) is 3.46. The summed E-state index contributed by atoms with van der Waals surface area (Å²) >= 11 is 0. The number of amides is 1. The largest absolute Gasteiger partial charge is 0.382 e. The predicted octanol–water partition coefficient (Wildman–Crippen LogP) is 1.93. The van der Waals surface area contributed by atoms with Gasteiger partial charge in [0.2, 0.25) is 5.91 Å². The van der Waals surface area contributed by atoms with Gasteiger partial charge in [0.05, 0.1) is 6.61 Å². The second-order valence-electron chi connectivity index (χ2n) is 4.90. The van der Waals surface area contributed by atoms with Crippen LogP contribution in [0.5, 0.6) is 0 Å². The molecule has 18 heavy (non-hydrogen) atoms. The van der Waals surface area contributed by atoms with Gasteiger partial charge in [-0.2, -0.15) is 0 Å². The summed E-state index contributed by atoms with van der Waals surface area (Å²) in [5.74, 6) is 0.148. The lowest BCUT2D eigenvalue weighted by atomic mass is 9.99. The van der Waals surface area contributed by atoms with E-state index in [1.165, 1.54) is 0 Å². The summed E-state index contributed by atoms with van der Waals surface area (Å²) in [6, 6.07) is 5.92. The molecule has 0 bridgehead atoms. The van der Waals surface area contributed by atoms with E-state index >= 15 is 0 Å². The molecule has 3 N–H and O–H groups in total. The molecule has 4 nitrogen and oxygen atoms in total. The van der Waals surface area contributed by atoms with Crippen molar-refractivity contribution < 1.29 is 9.53 Å². The van der Waals surface area contributed by atoms with Crippen LogP contribution in [0.25, 0.3) is 0 Å². The molecule has 1 aromatic rings. The Kier molecular flexibility index (Phi) is 3.87. The molecule has 1 aromatic carbocycles. The van der Waals surface area contributed by atoms with Crippen molar-refractivity contribution in [1.29, 1.82) is 0 Å². The molecule has 2 atom stereocenters. The van der Waals surface area contributed by atoms with Gasteiger partial charge < -0.3 is 15.8 Å². The first-order valence-electron chi connectivity index (χ1n) is 6.33. The van der Waals surface area contributed by atoms with Crippen LogP contribution in [0.2, 0.25) is 0 Å². The fourth-order valence-electron chi connectivity index (χ4n) is 2.37. The highest BCUT2D eigenvalue weighted by Crippen LogP contribution is 2.24. The Balaban J connectivity index is 2.13. The molecule has 2 rings (SSSR count). The molecular weight excluding hydrogens is 228 g/mol. The molecule has 1 aliphatic heterocycles. The van der Waals surface area contributed by atoms with Gasteiger partial charge in [-0.05, 0) is 38.0 Å². The monoisotopic (exact) mass is 248 g/mol. The van der Waals surface area contributed by atoms with Crippen LogP contribution in [-0.4, -0.2) is 25.2 Å². The van der Waals surface area contributed by atoms with E-state index in [0.29, 0.717) is 17.5 Å². The summed E-state index contributed by atoms with van der Waals surface area (Å²) < 4.78 is 5.39. The number of nitrogens with two attached hydrogens (primary N) is 1. The van der Waals surface area contributed by atoms with Crippen LogP contribution in [0.3, 0.4) is 0 Å². The highest BCUT2D eigenvalue weighted by atomic mass is 16.5. The lowest BCUT2D eigenvalue weighted by Crippen LogP contribution is -2.27. The first-order chi connectivity index (χ1) is 8.59. The standard InChI is InChI=1S/C14H20N2O2/c1-9-12(14(15)17)4-3-5-13(9)16-10(2)11-6-7-18-8-11/h3-5,10-11,16H,6-8H2,1-2H3,(H2,15,17). The SMILES string of the molecule is Cc1c(NC(C)C2CCOC2)cccc1C(N)=O. The number of ether oxygens (including phenoxy) is 1. The number of rotatable bonds is 4. The zero-order valence-corrected chi connectivity index (χ0v) is 10.9. The fraction of sp³-hybridized carbons (Fsp3) is 0.500. The Morgan fingerprint density at radius 2 is 2.33 bits per heavy atom. The van der Waals surface area contributed by atoms with Gasteiger partial charge in [-0.25, -0.2) is 0 Å². The molecule has 1 amide bonds. The second kappa shape index (κ2) is 5.40. The van der Waals surface area contributed by atoms with Crippen molar-refractivity contribution in [1.82, 2.24) is 0 Å². The third-order valence-corrected chi connectivity index (χ3v) is 3.65. The van der Waals surface area contributed by atoms with Crippen molar-refractivity contribution in [3.8, 4) is 0 Å². The van der Waals surface area contributed by atoms with Crippen molar-refractivity contribution >= 4 is 11.6 Å². The third-order valence-electron chi connectivity index (χ3n) is 3.65. The number of benzene rings is 1. The van der Waals surface area contributed by atoms with E-state index in [1.54, 1.807) is 6.07 Å². The van der Waals surface area contributed by atoms with Gasteiger partial charge >= 0.3 is 0 Å². The summed E-state index contributed by atoms with van der Waals surface area (Å²) in [5.41, 5.74) is 7.82. The minimum atomic E-state index is -0.381. The quantitative estimate of drug-likeness (QED) is 0.855. The molecular formula is C14H20N2O2. The van der Waals surface area contributed by atoms with E-state index in [9.17, 15) is 4.79 Å². The molecule has 0 aliphatic carbocycles. The van der Waals surface area contributed by atoms with Crippen molar-refractivity contribution in [2.24, 2.45) is 11.7 Å². The molecule has 4 heteroatoms. The highest BCUT2D eigenvalue weighted by molar-refractivity contribution is 5.95. The number of carbonyl (C=O) groups is 1. The lowest BCUT2D eigenvalue weighted by molar-refractivity contribution is 0.0999. The van der Waals surface area contributed by atoms with Crippen LogP contribution in [0.4, 0.5) is 5.69 Å². The lowest BCUT2D eigenvalue weighted by Gasteiger charge is -2.22. The molecule has 2 unspecified atom stereocenters. The van der Waals surface area contributed by atoms with E-state index in [4.69, 9.17) is 10.5 Å². The van der Waals surface area contributed by atoms with Gasteiger partial charge in [-0.3, -0.25) is 4.79 Å². The minimum absolute atomic E-state index is 0.328. The molecule has 1 heterocycles. The van der Waals surface area contributed by atoms with Crippen LogP contribution in [0, 0.1) is 12.8 Å². The molecule has 1 saturated heterocycles. The van der Waals surface area contributed by atoms with Crippen LogP contribution in [-0.2, 0) is 4.74 Å². The van der Waals surface area contributed by atoms with Gasteiger partial charge in [0.25, 0.3) is 0 Å². The number of hydrogen-bond donors (Lipinski definition) is 2. The second-order valence-corrected chi connectivity index (χ2v) is 4.90. The predicted molar refractivity (Wildman–Crippen MR) is 71.7 cm³/mol. The van der Waals surface area contributed by atoms with Gasteiger partial charge in [0.1, 0.15) is 0 Å². The third kappa shape index (κ3) is 2.64. The average molecular weight is 248 g/mol. The van der Waals surface area contributed by atoms with Gasteiger partial charge in [0.15, 0.2) is 0 Å². The maximum Gasteiger partial charge on any atom is 0.249 e. The number of anilines is 1. The number of primary amides is 1. The Morgan fingerprint density at radius 3 is 2.94 bits per heavy atom. The Bertz CT molecular complexity index is 439. The van der Waals surface area contributed by atoms with E-state index < -0.39 is 0 Å². The van der Waals surface area contributed by atoms with Crippen LogP contribution in [0.15, 0.2) is 18.2 Å². The van der Waals surface area contributed by atoms with Crippen LogP contribution >= 0.6 is 0 Å². The van der Waals surface area contributed by atoms with E-state index in [2.05, 4.69) is 12.2 Å². The number of hydrogen-bond acceptors (Lipinski definition) is 3. The first kappa shape index (κ1) is 12.9. The average Bonchev–Trinajstić information content (AvgIpc) is 2.85. The van der Waals surface area contributed by atoms with Crippen LogP contribution < -0.4 is 11.1 Å². The van der Waals surface area contributed by atoms with Gasteiger partial charge in [-0.1, -0.05) is 6.07 Å². The van der Waals surface area contributed by atoms with Crippen molar-refractivity contribution in [3.63, 3.8) is 0 Å². The Hall–Kier alpha value is -1.55. The number of nitrogens with one attached hydrogen (secondary N) is 1. The molecule has 98 valence electrons. The number of carbonyl (C=O) groups excluding carboxylic acids is 1. The van der Waals surface area contributed by atoms with Gasteiger partial charge in [-0.15, -0.1) is 0 Å². The van der Waals surface area contributed by atoms with E-state index in [0.717, 1.165) is 30.9 Å². The zero-order chi connectivity index (χ0) is 13.1. The maximum atomic E-state index is 11.3. The summed E-state index contributed by atoms with van der Waals surface area (Å²) in [6.45, 7) is 5.72. The molecule has 0 saturated carbocycles. The maximum absolute atomic E-state index is 11.3. The van der Waals surface area contributed by atoms with Crippen molar-refractivity contribution in [3.05, 3.63) is 29.3 Å². The highest BCUT2D eigenvalue weighted by Gasteiger charge is 2.22. The van der Waals surface area contributed by atoms with Gasteiger partial charge in [0, 0.05) is 29.8 Å². The van der Waals surface area contributed by atoms with Crippen molar-refractivity contribution in [2.75, 3.05) is 18.5 Å². The first-order valence-corrected chi connectivity index (χ1v) is 6.33. The summed E-state index contributed by atoms with van der Waals surface area (Å²) in [7, 11) is 0. The van der Waals surface area contributed by atoms with Crippen molar-refractivity contribution in [2.45, 2.75) is 26.3 Å². The molecule has 1 aliphatic rings. The van der Waals surface area contributed by atoms with E-state index in [-0.39, 0.29) is 5.91 Å². The molecule has 0 spiro atoms. The topological polar surface area (TPSA) is 64.3 Å². The summed E-state index contributed by atoms with van der Waals surface area (Å²) in [6.07, 6.45) is 1.09. The van der Waals surface area contributed by atoms with Crippen LogP contribution in [0.1, 0.15) is 29.3 Å². The molecule has 0 radical (unpaired) electrons. The minimum Gasteiger partial charge on any atom is -0.382 e. The normalized spacial score (nSPS) is 20.7. The smallest absolute Gasteiger partial charge is 0.249 e. The molecule has 1 fully saturated rings. The fourth-order valence-corrected chi connectivity index (χ4v) is 2.37. The summed E-state index contributed by atoms with van der Waals surface area (Å²) in [4.78, 5) is 11.3. The molecule has 0 aromatic heterocycles.